The van der Waals surface area contributed by atoms with Crippen molar-refractivity contribution in [2.45, 2.75) is 12.8 Å². The molecule has 166 valence electrons. The molecular formula is C24H17I2N3O3S. The minimum Gasteiger partial charge on any atom is -0.463 e. The predicted octanol–water partition coefficient (Wildman–Crippen LogP) is 3.11. The second-order valence-corrected chi connectivity index (χ2v) is 10.4. The number of carbonyl (C=O) groups excluding carboxylic acids is 1. The van der Waals surface area contributed by atoms with Crippen LogP contribution in [0.4, 0.5) is 0 Å². The number of ether oxygens (including phenoxy) is 1. The van der Waals surface area contributed by atoms with Crippen molar-refractivity contribution in [3.8, 4) is 6.07 Å². The second kappa shape index (κ2) is 9.82. The summed E-state index contributed by atoms with van der Waals surface area (Å²) in [6, 6.07) is 17.4. The largest absolute Gasteiger partial charge is 0.463 e. The maximum Gasteiger partial charge on any atom is 0.338 e. The standard InChI is InChI=1S/C24H17I2N3O3S/c1-2-32-24(31)20-19(14-8-4-6-10-17(14)26)15(12-27)23-29(21(20)28)22(30)18(33-23)11-13-7-3-5-9-16(13)25/h3-11,19H,2,28H2,1H3/b18-11-/t19-/m1/s1. The number of halogens is 2. The van der Waals surface area contributed by atoms with Crippen molar-refractivity contribution in [1.82, 2.24) is 4.57 Å². The topological polar surface area (TPSA) is 98.1 Å². The summed E-state index contributed by atoms with van der Waals surface area (Å²) in [5, 5.41) is 10.2. The van der Waals surface area contributed by atoms with Gasteiger partial charge in [0.05, 0.1) is 34.3 Å². The zero-order valence-electron chi connectivity index (χ0n) is 17.3. The molecule has 3 aromatic rings. The molecule has 33 heavy (non-hydrogen) atoms. The van der Waals surface area contributed by atoms with Crippen molar-refractivity contribution in [2.24, 2.45) is 5.73 Å². The molecule has 2 N–H and O–H groups in total. The summed E-state index contributed by atoms with van der Waals surface area (Å²) in [7, 11) is 0. The summed E-state index contributed by atoms with van der Waals surface area (Å²) in [5.74, 6) is -1.38. The average Bonchev–Trinajstić information content (AvgIpc) is 3.12. The lowest BCUT2D eigenvalue weighted by atomic mass is 9.84. The van der Waals surface area contributed by atoms with Gasteiger partial charge in [-0.3, -0.25) is 9.36 Å². The molecule has 6 nitrogen and oxygen atoms in total. The molecule has 0 fully saturated rings. The number of hydrogen-bond acceptors (Lipinski definition) is 6. The van der Waals surface area contributed by atoms with Crippen molar-refractivity contribution < 1.29 is 9.53 Å². The lowest BCUT2D eigenvalue weighted by Crippen LogP contribution is -2.40. The van der Waals surface area contributed by atoms with Crippen LogP contribution in [0.2, 0.25) is 0 Å². The van der Waals surface area contributed by atoms with Crippen molar-refractivity contribution in [3.63, 3.8) is 0 Å². The van der Waals surface area contributed by atoms with Gasteiger partial charge in [0.2, 0.25) is 0 Å². The number of benzene rings is 2. The molecule has 0 amide bonds. The Morgan fingerprint density at radius 3 is 2.52 bits per heavy atom. The number of esters is 1. The first kappa shape index (κ1) is 23.7. The van der Waals surface area contributed by atoms with E-state index in [0.717, 1.165) is 18.3 Å². The molecule has 4 rings (SSSR count). The molecule has 0 unspecified atom stereocenters. The van der Waals surface area contributed by atoms with Gasteiger partial charge in [-0.15, -0.1) is 11.3 Å². The number of nitriles is 1. The number of hydrogen-bond donors (Lipinski definition) is 1. The SMILES string of the molecule is CCOC(=O)C1=C(N)n2c(s/c(=C\c3ccccc3I)c2=O)=C(C#N)[C@H]1c1ccccc1I. The molecule has 1 aliphatic heterocycles. The van der Waals surface area contributed by atoms with Crippen molar-refractivity contribution in [1.29, 1.82) is 5.26 Å². The number of nitrogens with zero attached hydrogens (tertiary/aromatic N) is 2. The smallest absolute Gasteiger partial charge is 0.338 e. The number of rotatable bonds is 4. The van der Waals surface area contributed by atoms with Gasteiger partial charge in [0.25, 0.3) is 5.56 Å². The van der Waals surface area contributed by atoms with Crippen LogP contribution < -0.4 is 20.5 Å². The molecular weight excluding hydrogens is 664 g/mol. The third kappa shape index (κ3) is 4.27. The lowest BCUT2D eigenvalue weighted by molar-refractivity contribution is -0.138. The van der Waals surface area contributed by atoms with Gasteiger partial charge in [0.15, 0.2) is 0 Å². The molecule has 1 aliphatic rings. The molecule has 2 heterocycles. The van der Waals surface area contributed by atoms with E-state index in [0.29, 0.717) is 14.8 Å². The molecule has 0 radical (unpaired) electrons. The van der Waals surface area contributed by atoms with Gasteiger partial charge in [0, 0.05) is 7.14 Å². The summed E-state index contributed by atoms with van der Waals surface area (Å²) in [5.41, 5.74) is 8.13. The normalized spacial score (nSPS) is 15.9. The molecule has 1 aromatic heterocycles. The molecule has 2 aromatic carbocycles. The van der Waals surface area contributed by atoms with Gasteiger partial charge in [-0.05, 0) is 81.4 Å². The van der Waals surface area contributed by atoms with Crippen LogP contribution >= 0.6 is 56.5 Å². The summed E-state index contributed by atoms with van der Waals surface area (Å²) in [4.78, 5) is 26.4. The molecule has 9 heteroatoms. The first-order valence-corrected chi connectivity index (χ1v) is 12.9. The van der Waals surface area contributed by atoms with Crippen LogP contribution in [-0.4, -0.2) is 17.1 Å². The van der Waals surface area contributed by atoms with Gasteiger partial charge in [-0.25, -0.2) is 4.79 Å². The van der Waals surface area contributed by atoms with E-state index < -0.39 is 11.9 Å². The fraction of sp³-hybridized carbons (Fsp3) is 0.125. The fourth-order valence-corrected chi connectivity index (χ4v) is 6.08. The quantitative estimate of drug-likeness (QED) is 0.338. The second-order valence-electron chi connectivity index (χ2n) is 7.08. The predicted molar refractivity (Wildman–Crippen MR) is 146 cm³/mol. The van der Waals surface area contributed by atoms with E-state index >= 15 is 0 Å². The van der Waals surface area contributed by atoms with E-state index in [2.05, 4.69) is 51.3 Å². The molecule has 0 spiro atoms. The van der Waals surface area contributed by atoms with E-state index in [1.807, 2.05) is 48.5 Å². The fourth-order valence-electron chi connectivity index (χ4n) is 3.71. The number of nitrogens with two attached hydrogens (primary N) is 1. The summed E-state index contributed by atoms with van der Waals surface area (Å²) in [6.07, 6.45) is 1.79. The maximum atomic E-state index is 13.4. The summed E-state index contributed by atoms with van der Waals surface area (Å²) < 4.78 is 9.27. The van der Waals surface area contributed by atoms with Gasteiger partial charge < -0.3 is 10.5 Å². The van der Waals surface area contributed by atoms with Crippen LogP contribution in [-0.2, 0) is 9.53 Å². The molecule has 0 saturated heterocycles. The molecule has 0 saturated carbocycles. The maximum absolute atomic E-state index is 13.4. The van der Waals surface area contributed by atoms with Gasteiger partial charge in [0.1, 0.15) is 10.5 Å². The highest BCUT2D eigenvalue weighted by Crippen LogP contribution is 2.38. The Morgan fingerprint density at radius 1 is 1.21 bits per heavy atom. The minimum absolute atomic E-state index is 0.00392. The van der Waals surface area contributed by atoms with Gasteiger partial charge in [-0.1, -0.05) is 36.4 Å². The highest BCUT2D eigenvalue weighted by atomic mass is 127. The number of thiazole rings is 1. The average molecular weight is 681 g/mol. The molecule has 0 aliphatic carbocycles. The Balaban J connectivity index is 2.11. The van der Waals surface area contributed by atoms with E-state index in [9.17, 15) is 14.9 Å². The van der Waals surface area contributed by atoms with Crippen molar-refractivity contribution in [2.75, 3.05) is 6.61 Å². The van der Waals surface area contributed by atoms with Gasteiger partial charge >= 0.3 is 5.97 Å². The lowest BCUT2D eigenvalue weighted by Gasteiger charge is -2.25. The zero-order valence-corrected chi connectivity index (χ0v) is 22.5. The Kier molecular flexibility index (Phi) is 7.06. The van der Waals surface area contributed by atoms with Crippen LogP contribution in [0.3, 0.4) is 0 Å². The third-order valence-corrected chi connectivity index (χ3v) is 8.25. The summed E-state index contributed by atoms with van der Waals surface area (Å²) in [6.45, 7) is 1.84. The Morgan fingerprint density at radius 2 is 1.88 bits per heavy atom. The minimum atomic E-state index is -0.732. The van der Waals surface area contributed by atoms with Crippen LogP contribution in [0.25, 0.3) is 17.5 Å². The Bertz CT molecular complexity index is 1530. The van der Waals surface area contributed by atoms with Crippen LogP contribution in [0.15, 0.2) is 58.9 Å². The first-order valence-electron chi connectivity index (χ1n) is 9.93. The van der Waals surface area contributed by atoms with E-state index in [1.54, 1.807) is 13.0 Å². The highest BCUT2D eigenvalue weighted by molar-refractivity contribution is 14.1. The number of fused-ring (bicyclic) bond motifs is 1. The summed E-state index contributed by atoms with van der Waals surface area (Å²) >= 11 is 5.57. The Hall–Kier alpha value is -2.43. The van der Waals surface area contributed by atoms with Crippen LogP contribution in [0.5, 0.6) is 0 Å². The van der Waals surface area contributed by atoms with E-state index in [4.69, 9.17) is 10.5 Å². The van der Waals surface area contributed by atoms with Gasteiger partial charge in [-0.2, -0.15) is 5.26 Å². The van der Waals surface area contributed by atoms with E-state index in [1.165, 1.54) is 15.9 Å². The van der Waals surface area contributed by atoms with Crippen molar-refractivity contribution in [3.05, 3.63) is 91.9 Å². The number of aromatic nitrogens is 1. The third-order valence-electron chi connectivity index (χ3n) is 5.17. The highest BCUT2D eigenvalue weighted by Gasteiger charge is 2.37. The van der Waals surface area contributed by atoms with Crippen molar-refractivity contribution >= 4 is 80.0 Å². The molecule has 0 bridgehead atoms. The zero-order chi connectivity index (χ0) is 23.7. The monoisotopic (exact) mass is 681 g/mol. The number of carbonyl (C=O) groups is 1. The first-order chi connectivity index (χ1) is 15.9. The van der Waals surface area contributed by atoms with Crippen LogP contribution in [0, 0.1) is 18.5 Å². The van der Waals surface area contributed by atoms with Crippen LogP contribution in [0.1, 0.15) is 24.0 Å². The van der Waals surface area contributed by atoms with E-state index in [-0.39, 0.29) is 23.6 Å². The Labute approximate surface area is 221 Å². The molecule has 1 atom stereocenters.